The molecule has 1 N–H and O–H groups in total. The van der Waals surface area contributed by atoms with E-state index in [9.17, 15) is 4.79 Å². The highest BCUT2D eigenvalue weighted by atomic mass is 16.5. The lowest BCUT2D eigenvalue weighted by atomic mass is 10.1. The fourth-order valence-corrected chi connectivity index (χ4v) is 3.06. The largest absolute Gasteiger partial charge is 0.472 e. The number of anilines is 1. The summed E-state index contributed by atoms with van der Waals surface area (Å²) in [4.78, 5) is 22.9. The van der Waals surface area contributed by atoms with Crippen molar-refractivity contribution in [3.05, 3.63) is 47.4 Å². The molecule has 1 fully saturated rings. The number of urea groups is 1. The number of carbonyl (C=O) groups is 1. The summed E-state index contributed by atoms with van der Waals surface area (Å²) in [6.07, 6.45) is 1.77. The van der Waals surface area contributed by atoms with Crippen molar-refractivity contribution in [3.8, 4) is 5.88 Å². The molecule has 0 spiro atoms. The van der Waals surface area contributed by atoms with E-state index < -0.39 is 0 Å². The Bertz CT molecular complexity index is 743. The first-order valence-corrected chi connectivity index (χ1v) is 8.61. The van der Waals surface area contributed by atoms with Gasteiger partial charge in [0.2, 0.25) is 5.88 Å². The van der Waals surface area contributed by atoms with Gasteiger partial charge in [0, 0.05) is 24.0 Å². The van der Waals surface area contributed by atoms with E-state index >= 15 is 0 Å². The van der Waals surface area contributed by atoms with Crippen LogP contribution in [0.3, 0.4) is 0 Å². The number of likely N-dealkylation sites (tertiary alicyclic amines) is 1. The molecule has 6 heteroatoms. The van der Waals surface area contributed by atoms with Crippen LogP contribution in [0.5, 0.6) is 5.88 Å². The maximum absolute atomic E-state index is 12.5. The molecule has 6 nitrogen and oxygen atoms in total. The SMILES string of the molecule is Cc1cccc(NC(=O)N2CCCC(Oc3cc(C)nc(C)n3)C2)c1. The van der Waals surface area contributed by atoms with Gasteiger partial charge in [-0.2, -0.15) is 4.98 Å². The highest BCUT2D eigenvalue weighted by Gasteiger charge is 2.25. The van der Waals surface area contributed by atoms with Gasteiger partial charge in [-0.3, -0.25) is 0 Å². The lowest BCUT2D eigenvalue weighted by Crippen LogP contribution is -2.46. The van der Waals surface area contributed by atoms with Crippen molar-refractivity contribution in [3.63, 3.8) is 0 Å². The van der Waals surface area contributed by atoms with Gasteiger partial charge in [-0.25, -0.2) is 9.78 Å². The Kier molecular flexibility index (Phi) is 5.16. The minimum absolute atomic E-state index is 0.0503. The van der Waals surface area contributed by atoms with Gasteiger partial charge >= 0.3 is 6.03 Å². The Morgan fingerprint density at radius 1 is 1.24 bits per heavy atom. The number of hydrogen-bond donors (Lipinski definition) is 1. The lowest BCUT2D eigenvalue weighted by Gasteiger charge is -2.32. The molecule has 0 saturated carbocycles. The van der Waals surface area contributed by atoms with E-state index in [-0.39, 0.29) is 12.1 Å². The molecule has 0 bridgehead atoms. The number of piperidine rings is 1. The van der Waals surface area contributed by atoms with Crippen LogP contribution < -0.4 is 10.1 Å². The molecular weight excluding hydrogens is 316 g/mol. The quantitative estimate of drug-likeness (QED) is 0.929. The number of aryl methyl sites for hydroxylation is 3. The molecule has 1 unspecified atom stereocenters. The molecular formula is C19H24N4O2. The first-order valence-electron chi connectivity index (χ1n) is 8.61. The van der Waals surface area contributed by atoms with E-state index in [2.05, 4.69) is 15.3 Å². The average Bonchev–Trinajstić information content (AvgIpc) is 2.54. The summed E-state index contributed by atoms with van der Waals surface area (Å²) in [6.45, 7) is 7.07. The Hall–Kier alpha value is -2.63. The number of aromatic nitrogens is 2. The first kappa shape index (κ1) is 17.2. The van der Waals surface area contributed by atoms with E-state index in [1.165, 1.54) is 0 Å². The van der Waals surface area contributed by atoms with Crippen LogP contribution in [0, 0.1) is 20.8 Å². The molecule has 132 valence electrons. The molecule has 0 radical (unpaired) electrons. The van der Waals surface area contributed by atoms with Crippen molar-refractivity contribution in [2.75, 3.05) is 18.4 Å². The van der Waals surface area contributed by atoms with Gasteiger partial charge in [0.05, 0.1) is 6.54 Å². The monoisotopic (exact) mass is 340 g/mol. The van der Waals surface area contributed by atoms with Crippen LogP contribution in [0.25, 0.3) is 0 Å². The Morgan fingerprint density at radius 3 is 2.84 bits per heavy atom. The topological polar surface area (TPSA) is 67.4 Å². The van der Waals surface area contributed by atoms with Gasteiger partial charge < -0.3 is 15.0 Å². The maximum Gasteiger partial charge on any atom is 0.321 e. The second-order valence-electron chi connectivity index (χ2n) is 6.52. The predicted octanol–water partition coefficient (Wildman–Crippen LogP) is 3.48. The van der Waals surface area contributed by atoms with Gasteiger partial charge in [-0.05, 0) is 51.3 Å². The molecule has 1 aliphatic heterocycles. The standard InChI is InChI=1S/C19H24N4O2/c1-13-6-4-7-16(10-13)22-19(24)23-9-5-8-17(12-23)25-18-11-14(2)20-15(3)21-18/h4,6-7,10-11,17H,5,8-9,12H2,1-3H3,(H,22,24). The van der Waals surface area contributed by atoms with E-state index in [0.29, 0.717) is 18.2 Å². The highest BCUT2D eigenvalue weighted by Crippen LogP contribution is 2.19. The molecule has 1 aromatic heterocycles. The Balaban J connectivity index is 1.61. The summed E-state index contributed by atoms with van der Waals surface area (Å²) in [7, 11) is 0. The molecule has 25 heavy (non-hydrogen) atoms. The van der Waals surface area contributed by atoms with Gasteiger partial charge in [0.1, 0.15) is 11.9 Å². The number of hydrogen-bond acceptors (Lipinski definition) is 4. The normalized spacial score (nSPS) is 17.2. The summed E-state index contributed by atoms with van der Waals surface area (Å²) in [5.41, 5.74) is 2.81. The third-order valence-corrected chi connectivity index (χ3v) is 4.16. The van der Waals surface area contributed by atoms with Gasteiger partial charge in [-0.15, -0.1) is 0 Å². The fraction of sp³-hybridized carbons (Fsp3) is 0.421. The molecule has 3 rings (SSSR count). The molecule has 1 aliphatic rings. The van der Waals surface area contributed by atoms with Crippen LogP contribution in [0.4, 0.5) is 10.5 Å². The predicted molar refractivity (Wildman–Crippen MR) is 96.9 cm³/mol. The van der Waals surface area contributed by atoms with Crippen LogP contribution in [-0.4, -0.2) is 40.1 Å². The third kappa shape index (κ3) is 4.68. The Morgan fingerprint density at radius 2 is 2.08 bits per heavy atom. The van der Waals surface area contributed by atoms with Crippen molar-refractivity contribution < 1.29 is 9.53 Å². The zero-order chi connectivity index (χ0) is 17.8. The molecule has 2 amide bonds. The molecule has 0 aliphatic carbocycles. The average molecular weight is 340 g/mol. The third-order valence-electron chi connectivity index (χ3n) is 4.16. The zero-order valence-corrected chi connectivity index (χ0v) is 15.0. The second-order valence-corrected chi connectivity index (χ2v) is 6.52. The van der Waals surface area contributed by atoms with E-state index in [1.54, 1.807) is 4.90 Å². The van der Waals surface area contributed by atoms with E-state index in [1.807, 2.05) is 51.1 Å². The second kappa shape index (κ2) is 7.51. The van der Waals surface area contributed by atoms with Crippen LogP contribution in [-0.2, 0) is 0 Å². The fourth-order valence-electron chi connectivity index (χ4n) is 3.06. The van der Waals surface area contributed by atoms with Crippen LogP contribution in [0.1, 0.15) is 29.9 Å². The molecule has 2 heterocycles. The van der Waals surface area contributed by atoms with E-state index in [4.69, 9.17) is 4.74 Å². The number of benzene rings is 1. The van der Waals surface area contributed by atoms with Crippen molar-refractivity contribution in [2.24, 2.45) is 0 Å². The van der Waals surface area contributed by atoms with Crippen LogP contribution in [0.15, 0.2) is 30.3 Å². The van der Waals surface area contributed by atoms with Crippen molar-refractivity contribution in [1.29, 1.82) is 0 Å². The minimum atomic E-state index is -0.0889. The van der Waals surface area contributed by atoms with Crippen LogP contribution in [0.2, 0.25) is 0 Å². The molecule has 1 aromatic carbocycles. The zero-order valence-electron chi connectivity index (χ0n) is 15.0. The number of amides is 2. The smallest absolute Gasteiger partial charge is 0.321 e. The maximum atomic E-state index is 12.5. The van der Waals surface area contributed by atoms with Crippen molar-refractivity contribution >= 4 is 11.7 Å². The summed E-state index contributed by atoms with van der Waals surface area (Å²) >= 11 is 0. The number of nitrogens with zero attached hydrogens (tertiary/aromatic N) is 3. The summed E-state index contributed by atoms with van der Waals surface area (Å²) < 4.78 is 5.99. The molecule has 2 aromatic rings. The molecule has 1 atom stereocenters. The summed E-state index contributed by atoms with van der Waals surface area (Å²) in [5, 5.41) is 2.96. The van der Waals surface area contributed by atoms with Gasteiger partial charge in [0.25, 0.3) is 0 Å². The summed E-state index contributed by atoms with van der Waals surface area (Å²) in [6, 6.07) is 9.55. The minimum Gasteiger partial charge on any atom is -0.472 e. The number of carbonyl (C=O) groups excluding carboxylic acids is 1. The Labute approximate surface area is 148 Å². The van der Waals surface area contributed by atoms with Gasteiger partial charge in [0.15, 0.2) is 0 Å². The van der Waals surface area contributed by atoms with Crippen molar-refractivity contribution in [1.82, 2.24) is 14.9 Å². The lowest BCUT2D eigenvalue weighted by molar-refractivity contribution is 0.102. The van der Waals surface area contributed by atoms with E-state index in [0.717, 1.165) is 36.3 Å². The van der Waals surface area contributed by atoms with Gasteiger partial charge in [-0.1, -0.05) is 12.1 Å². The van der Waals surface area contributed by atoms with Crippen molar-refractivity contribution in [2.45, 2.75) is 39.7 Å². The van der Waals surface area contributed by atoms with Crippen LogP contribution >= 0.6 is 0 Å². The number of nitrogens with one attached hydrogen (secondary N) is 1. The molecule has 1 saturated heterocycles. The first-order chi connectivity index (χ1) is 12.0. The number of ether oxygens (including phenoxy) is 1. The highest BCUT2D eigenvalue weighted by molar-refractivity contribution is 5.89. The summed E-state index contributed by atoms with van der Waals surface area (Å²) in [5.74, 6) is 1.27. The number of rotatable bonds is 3.